The molecule has 2 unspecified atom stereocenters. The van der Waals surface area contributed by atoms with Gasteiger partial charge in [0.1, 0.15) is 0 Å². The first-order chi connectivity index (χ1) is 8.15. The molecular weight excluding hydrogens is 230 g/mol. The molecule has 0 aromatic heterocycles. The highest BCUT2D eigenvalue weighted by Gasteiger charge is 2.35. The van der Waals surface area contributed by atoms with Crippen LogP contribution < -0.4 is 0 Å². The summed E-state index contributed by atoms with van der Waals surface area (Å²) in [7, 11) is 0. The normalized spacial score (nSPS) is 34.8. The summed E-state index contributed by atoms with van der Waals surface area (Å²) in [4.78, 5) is 2.63. The van der Waals surface area contributed by atoms with Crippen LogP contribution >= 0.6 is 12.6 Å². The van der Waals surface area contributed by atoms with E-state index in [-0.39, 0.29) is 0 Å². The van der Waals surface area contributed by atoms with E-state index in [1.54, 1.807) is 0 Å². The maximum atomic E-state index is 5.72. The van der Waals surface area contributed by atoms with Crippen molar-refractivity contribution in [3.05, 3.63) is 0 Å². The van der Waals surface area contributed by atoms with E-state index in [0.29, 0.717) is 17.6 Å². The molecule has 0 radical (unpaired) electrons. The van der Waals surface area contributed by atoms with E-state index in [1.807, 2.05) is 0 Å². The summed E-state index contributed by atoms with van der Waals surface area (Å²) in [6.07, 6.45) is 7.35. The molecule has 1 saturated carbocycles. The van der Waals surface area contributed by atoms with Crippen LogP contribution in [0.1, 0.15) is 46.0 Å². The zero-order valence-electron chi connectivity index (χ0n) is 11.3. The van der Waals surface area contributed by atoms with E-state index >= 15 is 0 Å². The molecule has 0 amide bonds. The summed E-state index contributed by atoms with van der Waals surface area (Å²) in [6.45, 7) is 7.69. The highest BCUT2D eigenvalue weighted by molar-refractivity contribution is 7.80. The number of thiol groups is 1. The summed E-state index contributed by atoms with van der Waals surface area (Å²) < 4.78 is 5.72. The molecule has 2 atom stereocenters. The molecule has 1 aliphatic heterocycles. The van der Waals surface area contributed by atoms with Gasteiger partial charge in [0, 0.05) is 19.1 Å². The molecule has 2 fully saturated rings. The van der Waals surface area contributed by atoms with Crippen LogP contribution in [-0.4, -0.2) is 42.5 Å². The molecule has 0 bridgehead atoms. The van der Waals surface area contributed by atoms with Crippen LogP contribution in [0.3, 0.4) is 0 Å². The molecule has 2 rings (SSSR count). The molecule has 3 heteroatoms. The van der Waals surface area contributed by atoms with Gasteiger partial charge in [0.25, 0.3) is 0 Å². The Kier molecular flexibility index (Phi) is 4.79. The van der Waals surface area contributed by atoms with Crippen LogP contribution in [0.2, 0.25) is 0 Å². The van der Waals surface area contributed by atoms with Crippen molar-refractivity contribution in [2.75, 3.05) is 25.4 Å². The van der Waals surface area contributed by atoms with E-state index in [4.69, 9.17) is 4.74 Å². The van der Waals surface area contributed by atoms with Gasteiger partial charge in [-0.3, -0.25) is 4.90 Å². The summed E-state index contributed by atoms with van der Waals surface area (Å²) >= 11 is 4.64. The molecule has 17 heavy (non-hydrogen) atoms. The van der Waals surface area contributed by atoms with Crippen LogP contribution in [0.4, 0.5) is 0 Å². The monoisotopic (exact) mass is 257 g/mol. The summed E-state index contributed by atoms with van der Waals surface area (Å²) in [5.74, 6) is 1.05. The zero-order chi connectivity index (χ0) is 12.3. The molecule has 1 aliphatic carbocycles. The van der Waals surface area contributed by atoms with Crippen LogP contribution in [0.5, 0.6) is 0 Å². The standard InChI is InChI=1S/C14H27NOS/c1-12-9-16-13(2)8-15(12)10-14(11-17)6-4-3-5-7-14/h12-13,17H,3-11H2,1-2H3. The smallest absolute Gasteiger partial charge is 0.0674 e. The zero-order valence-corrected chi connectivity index (χ0v) is 12.2. The van der Waals surface area contributed by atoms with E-state index < -0.39 is 0 Å². The van der Waals surface area contributed by atoms with E-state index in [9.17, 15) is 0 Å². The van der Waals surface area contributed by atoms with Crippen molar-refractivity contribution in [1.29, 1.82) is 0 Å². The fraction of sp³-hybridized carbons (Fsp3) is 1.00. The molecule has 0 aromatic carbocycles. The maximum Gasteiger partial charge on any atom is 0.0674 e. The van der Waals surface area contributed by atoms with E-state index in [0.717, 1.165) is 18.9 Å². The van der Waals surface area contributed by atoms with Crippen molar-refractivity contribution in [3.63, 3.8) is 0 Å². The van der Waals surface area contributed by atoms with Crippen molar-refractivity contribution in [2.45, 2.75) is 58.1 Å². The third kappa shape index (κ3) is 3.39. The van der Waals surface area contributed by atoms with Crippen LogP contribution in [0.15, 0.2) is 0 Å². The highest BCUT2D eigenvalue weighted by Crippen LogP contribution is 2.38. The number of ether oxygens (including phenoxy) is 1. The predicted octanol–water partition coefficient (Wildman–Crippen LogP) is 2.98. The quantitative estimate of drug-likeness (QED) is 0.780. The minimum atomic E-state index is 0.395. The first-order valence-electron chi connectivity index (χ1n) is 7.12. The van der Waals surface area contributed by atoms with Gasteiger partial charge in [-0.15, -0.1) is 0 Å². The second-order valence-corrected chi connectivity index (χ2v) is 6.46. The molecule has 2 aliphatic rings. The van der Waals surface area contributed by atoms with Crippen LogP contribution in [0, 0.1) is 5.41 Å². The largest absolute Gasteiger partial charge is 0.376 e. The fourth-order valence-corrected chi connectivity index (χ4v) is 3.71. The number of rotatable bonds is 3. The van der Waals surface area contributed by atoms with E-state index in [2.05, 4.69) is 31.4 Å². The number of hydrogen-bond acceptors (Lipinski definition) is 3. The Labute approximate surface area is 112 Å². The van der Waals surface area contributed by atoms with Gasteiger partial charge in [-0.1, -0.05) is 19.3 Å². The number of nitrogens with zero attached hydrogens (tertiary/aromatic N) is 1. The number of hydrogen-bond donors (Lipinski definition) is 1. The van der Waals surface area contributed by atoms with Gasteiger partial charge in [0.05, 0.1) is 12.7 Å². The molecule has 100 valence electrons. The molecule has 2 nitrogen and oxygen atoms in total. The fourth-order valence-electron chi connectivity index (χ4n) is 3.29. The Morgan fingerprint density at radius 1 is 1.24 bits per heavy atom. The van der Waals surface area contributed by atoms with E-state index in [1.165, 1.54) is 38.6 Å². The minimum Gasteiger partial charge on any atom is -0.376 e. The van der Waals surface area contributed by atoms with Crippen LogP contribution in [0.25, 0.3) is 0 Å². The molecule has 0 aromatic rings. The van der Waals surface area contributed by atoms with Gasteiger partial charge < -0.3 is 4.74 Å². The van der Waals surface area contributed by atoms with Crippen molar-refractivity contribution in [3.8, 4) is 0 Å². The van der Waals surface area contributed by atoms with Crippen molar-refractivity contribution < 1.29 is 4.74 Å². The third-order valence-corrected chi connectivity index (χ3v) is 5.20. The topological polar surface area (TPSA) is 12.5 Å². The molecule has 1 heterocycles. The lowest BCUT2D eigenvalue weighted by atomic mass is 9.75. The van der Waals surface area contributed by atoms with Gasteiger partial charge in [0.15, 0.2) is 0 Å². The molecule has 0 spiro atoms. The summed E-state index contributed by atoms with van der Waals surface area (Å²) in [5.41, 5.74) is 0.479. The lowest BCUT2D eigenvalue weighted by Gasteiger charge is -2.45. The second kappa shape index (κ2) is 5.94. The first-order valence-corrected chi connectivity index (χ1v) is 7.75. The number of morpholine rings is 1. The van der Waals surface area contributed by atoms with Crippen LogP contribution in [-0.2, 0) is 4.74 Å². The maximum absolute atomic E-state index is 5.72. The minimum absolute atomic E-state index is 0.395. The van der Waals surface area contributed by atoms with Crippen molar-refractivity contribution >= 4 is 12.6 Å². The average Bonchev–Trinajstić information content (AvgIpc) is 2.35. The summed E-state index contributed by atoms with van der Waals surface area (Å²) in [6, 6.07) is 0.574. The average molecular weight is 257 g/mol. The predicted molar refractivity (Wildman–Crippen MR) is 75.8 cm³/mol. The third-order valence-electron chi connectivity index (χ3n) is 4.53. The SMILES string of the molecule is CC1CN(CC2(CS)CCCCC2)C(C)CO1. The second-order valence-electron chi connectivity index (χ2n) is 6.14. The Morgan fingerprint density at radius 2 is 1.94 bits per heavy atom. The van der Waals surface area contributed by atoms with Crippen molar-refractivity contribution in [2.24, 2.45) is 5.41 Å². The van der Waals surface area contributed by atoms with Gasteiger partial charge in [0.2, 0.25) is 0 Å². The lowest BCUT2D eigenvalue weighted by molar-refractivity contribution is -0.0642. The molecule has 1 saturated heterocycles. The molecular formula is C14H27NOS. The van der Waals surface area contributed by atoms with Gasteiger partial charge in [-0.25, -0.2) is 0 Å². The Hall–Kier alpha value is 0.270. The van der Waals surface area contributed by atoms with Crippen molar-refractivity contribution in [1.82, 2.24) is 4.90 Å². The summed E-state index contributed by atoms with van der Waals surface area (Å²) in [5, 5.41) is 0. The highest BCUT2D eigenvalue weighted by atomic mass is 32.1. The Morgan fingerprint density at radius 3 is 2.59 bits per heavy atom. The molecule has 0 N–H and O–H groups in total. The van der Waals surface area contributed by atoms with Gasteiger partial charge in [-0.05, 0) is 37.9 Å². The Balaban J connectivity index is 1.96. The lowest BCUT2D eigenvalue weighted by Crippen LogP contribution is -2.52. The van der Waals surface area contributed by atoms with Gasteiger partial charge >= 0.3 is 0 Å². The Bertz CT molecular complexity index is 240. The first kappa shape index (κ1) is 13.7. The van der Waals surface area contributed by atoms with Gasteiger partial charge in [-0.2, -0.15) is 12.6 Å².